The number of rotatable bonds is 5. The van der Waals surface area contributed by atoms with Crippen molar-refractivity contribution in [2.45, 2.75) is 6.42 Å². The van der Waals surface area contributed by atoms with Crippen LogP contribution in [0.1, 0.15) is 5.69 Å². The Labute approximate surface area is 144 Å². The highest BCUT2D eigenvalue weighted by Gasteiger charge is 2.10. The first-order valence-electron chi connectivity index (χ1n) is 8.04. The van der Waals surface area contributed by atoms with Gasteiger partial charge in [0.1, 0.15) is 17.2 Å². The van der Waals surface area contributed by atoms with Crippen molar-refractivity contribution in [1.29, 1.82) is 0 Å². The van der Waals surface area contributed by atoms with Crippen LogP contribution in [0.5, 0.6) is 0 Å². The molecule has 0 aliphatic carbocycles. The van der Waals surface area contributed by atoms with E-state index in [1.807, 2.05) is 30.3 Å². The zero-order chi connectivity index (χ0) is 17.1. The van der Waals surface area contributed by atoms with E-state index in [1.54, 1.807) is 18.5 Å². The quantitative estimate of drug-likeness (QED) is 0.583. The van der Waals surface area contributed by atoms with E-state index in [2.05, 4.69) is 25.3 Å². The second kappa shape index (κ2) is 6.68. The maximum atomic E-state index is 13.4. The van der Waals surface area contributed by atoms with Crippen LogP contribution in [0.25, 0.3) is 22.4 Å². The number of pyridine rings is 2. The highest BCUT2D eigenvalue weighted by Crippen LogP contribution is 2.24. The summed E-state index contributed by atoms with van der Waals surface area (Å²) in [6.45, 7) is 0.700. The molecule has 0 aliphatic heterocycles. The summed E-state index contributed by atoms with van der Waals surface area (Å²) in [5, 5.41) is 3.30. The number of hydrogen-bond acceptors (Lipinski definition) is 4. The average molecular weight is 333 g/mol. The van der Waals surface area contributed by atoms with Gasteiger partial charge < -0.3 is 10.3 Å². The molecular formula is C19H16FN5. The molecule has 0 spiro atoms. The summed E-state index contributed by atoms with van der Waals surface area (Å²) in [7, 11) is 0. The minimum absolute atomic E-state index is 0.287. The number of anilines is 1. The predicted molar refractivity (Wildman–Crippen MR) is 95.7 cm³/mol. The zero-order valence-corrected chi connectivity index (χ0v) is 13.4. The van der Waals surface area contributed by atoms with E-state index in [-0.39, 0.29) is 5.82 Å². The summed E-state index contributed by atoms with van der Waals surface area (Å²) >= 11 is 0. The molecule has 0 fully saturated rings. The van der Waals surface area contributed by atoms with Crippen LogP contribution in [-0.4, -0.2) is 26.5 Å². The van der Waals surface area contributed by atoms with Gasteiger partial charge in [-0.05, 0) is 30.3 Å². The molecule has 2 N–H and O–H groups in total. The molecule has 124 valence electrons. The summed E-state index contributed by atoms with van der Waals surface area (Å²) in [6, 6.07) is 14.1. The van der Waals surface area contributed by atoms with Crippen molar-refractivity contribution >= 4 is 16.9 Å². The second-order valence-electron chi connectivity index (χ2n) is 5.65. The molecule has 0 atom stereocenters. The van der Waals surface area contributed by atoms with E-state index >= 15 is 0 Å². The van der Waals surface area contributed by atoms with Gasteiger partial charge in [-0.1, -0.05) is 18.2 Å². The molecule has 25 heavy (non-hydrogen) atoms. The normalized spacial score (nSPS) is 10.9. The molecule has 0 saturated carbocycles. The Kier molecular flexibility index (Phi) is 4.08. The van der Waals surface area contributed by atoms with Crippen LogP contribution in [-0.2, 0) is 6.42 Å². The number of halogens is 1. The van der Waals surface area contributed by atoms with Crippen LogP contribution < -0.4 is 5.32 Å². The Morgan fingerprint density at radius 1 is 1.00 bits per heavy atom. The summed E-state index contributed by atoms with van der Waals surface area (Å²) in [5.41, 5.74) is 3.32. The molecule has 0 amide bonds. The van der Waals surface area contributed by atoms with Crippen molar-refractivity contribution in [2.75, 3.05) is 11.9 Å². The van der Waals surface area contributed by atoms with E-state index in [9.17, 15) is 4.39 Å². The van der Waals surface area contributed by atoms with Gasteiger partial charge in [0.2, 0.25) is 0 Å². The lowest BCUT2D eigenvalue weighted by atomic mass is 10.2. The van der Waals surface area contributed by atoms with Crippen molar-refractivity contribution in [3.05, 3.63) is 72.4 Å². The van der Waals surface area contributed by atoms with Crippen LogP contribution in [0.3, 0.4) is 0 Å². The summed E-state index contributed by atoms with van der Waals surface area (Å²) in [4.78, 5) is 16.5. The first-order chi connectivity index (χ1) is 12.3. The Morgan fingerprint density at radius 2 is 1.96 bits per heavy atom. The van der Waals surface area contributed by atoms with Crippen LogP contribution in [0, 0.1) is 5.82 Å². The summed E-state index contributed by atoms with van der Waals surface area (Å²) in [6.07, 6.45) is 4.30. The minimum atomic E-state index is -0.287. The number of nitrogens with zero attached hydrogens (tertiary/aromatic N) is 3. The molecule has 4 aromatic rings. The van der Waals surface area contributed by atoms with Gasteiger partial charge >= 0.3 is 0 Å². The molecule has 0 aliphatic rings. The van der Waals surface area contributed by atoms with Crippen LogP contribution >= 0.6 is 0 Å². The number of aromatic nitrogens is 4. The number of imidazole rings is 1. The fourth-order valence-electron chi connectivity index (χ4n) is 2.69. The molecular weight excluding hydrogens is 317 g/mol. The average Bonchev–Trinajstić information content (AvgIpc) is 3.08. The second-order valence-corrected chi connectivity index (χ2v) is 5.65. The van der Waals surface area contributed by atoms with E-state index in [4.69, 9.17) is 0 Å². The molecule has 0 bridgehead atoms. The molecule has 1 aromatic carbocycles. The third kappa shape index (κ3) is 3.33. The summed E-state index contributed by atoms with van der Waals surface area (Å²) < 4.78 is 13.4. The Morgan fingerprint density at radius 3 is 2.80 bits per heavy atom. The van der Waals surface area contributed by atoms with Crippen LogP contribution in [0.15, 0.2) is 60.9 Å². The zero-order valence-electron chi connectivity index (χ0n) is 13.4. The summed E-state index contributed by atoms with van der Waals surface area (Å²) in [5.74, 6) is 1.03. The molecule has 0 saturated heterocycles. The lowest BCUT2D eigenvalue weighted by molar-refractivity contribution is 0.628. The minimum Gasteiger partial charge on any atom is -0.368 e. The lowest BCUT2D eigenvalue weighted by Crippen LogP contribution is -2.07. The maximum absolute atomic E-state index is 13.4. The van der Waals surface area contributed by atoms with Crippen molar-refractivity contribution in [3.63, 3.8) is 0 Å². The third-order valence-electron chi connectivity index (χ3n) is 3.90. The van der Waals surface area contributed by atoms with E-state index in [0.717, 1.165) is 23.1 Å². The van der Waals surface area contributed by atoms with E-state index in [1.165, 1.54) is 12.1 Å². The van der Waals surface area contributed by atoms with Crippen LogP contribution in [0.4, 0.5) is 10.2 Å². The first kappa shape index (κ1) is 15.3. The number of fused-ring (bicyclic) bond motifs is 1. The van der Waals surface area contributed by atoms with E-state index < -0.39 is 0 Å². The lowest BCUT2D eigenvalue weighted by Gasteiger charge is -2.05. The number of H-pyrrole nitrogens is 1. The van der Waals surface area contributed by atoms with E-state index in [0.29, 0.717) is 23.8 Å². The molecule has 3 heterocycles. The van der Waals surface area contributed by atoms with Gasteiger partial charge in [0.15, 0.2) is 5.82 Å². The monoisotopic (exact) mass is 333 g/mol. The molecule has 0 unspecified atom stereocenters. The highest BCUT2D eigenvalue weighted by atomic mass is 19.1. The van der Waals surface area contributed by atoms with Gasteiger partial charge in [-0.25, -0.2) is 14.4 Å². The van der Waals surface area contributed by atoms with Gasteiger partial charge in [0.25, 0.3) is 0 Å². The Balaban J connectivity index is 1.57. The van der Waals surface area contributed by atoms with Gasteiger partial charge in [-0.2, -0.15) is 0 Å². The molecule has 5 nitrogen and oxygen atoms in total. The number of benzene rings is 1. The molecule has 0 radical (unpaired) electrons. The predicted octanol–water partition coefficient (Wildman–Crippen LogP) is 3.81. The van der Waals surface area contributed by atoms with Crippen molar-refractivity contribution in [1.82, 2.24) is 19.9 Å². The number of nitrogens with one attached hydrogen (secondary N) is 2. The van der Waals surface area contributed by atoms with Gasteiger partial charge in [-0.3, -0.25) is 4.98 Å². The third-order valence-corrected chi connectivity index (χ3v) is 3.90. The number of aromatic amines is 1. The topological polar surface area (TPSA) is 66.5 Å². The Bertz CT molecular complexity index is 997. The Hall–Kier alpha value is -3.28. The fraction of sp³-hybridized carbons (Fsp3) is 0.105. The first-order valence-corrected chi connectivity index (χ1v) is 8.04. The maximum Gasteiger partial charge on any atom is 0.154 e. The fourth-order valence-corrected chi connectivity index (χ4v) is 2.69. The molecule has 6 heteroatoms. The van der Waals surface area contributed by atoms with Gasteiger partial charge in [0.05, 0.1) is 5.52 Å². The number of hydrogen-bond donors (Lipinski definition) is 2. The SMILES string of the molecule is Fc1cccc(-c2nc3c(NCCc4ccccn4)nccc3[nH]2)c1. The van der Waals surface area contributed by atoms with Crippen molar-refractivity contribution in [3.8, 4) is 11.4 Å². The van der Waals surface area contributed by atoms with Crippen LogP contribution in [0.2, 0.25) is 0 Å². The van der Waals surface area contributed by atoms with Gasteiger partial charge in [-0.15, -0.1) is 0 Å². The largest absolute Gasteiger partial charge is 0.368 e. The highest BCUT2D eigenvalue weighted by molar-refractivity contribution is 5.88. The molecule has 4 rings (SSSR count). The standard InChI is InChI=1S/C19H16FN5/c20-14-5-3-4-13(12-14)18-24-16-8-11-23-19(17(16)25-18)22-10-7-15-6-1-2-9-21-15/h1-6,8-9,11-12H,7,10H2,(H,22,23)(H,24,25). The van der Waals surface area contributed by atoms with Gasteiger partial charge in [0, 0.05) is 36.6 Å². The molecule has 3 aromatic heterocycles. The van der Waals surface area contributed by atoms with Crippen molar-refractivity contribution < 1.29 is 4.39 Å². The van der Waals surface area contributed by atoms with Crippen molar-refractivity contribution in [2.24, 2.45) is 0 Å². The smallest absolute Gasteiger partial charge is 0.154 e.